The number of amides is 1. The van der Waals surface area contributed by atoms with Gasteiger partial charge in [-0.25, -0.2) is 0 Å². The first-order chi connectivity index (χ1) is 11.6. The van der Waals surface area contributed by atoms with Gasteiger partial charge in [-0.1, -0.05) is 5.21 Å². The summed E-state index contributed by atoms with van der Waals surface area (Å²) in [6.45, 7) is 9.54. The molecule has 0 aliphatic heterocycles. The van der Waals surface area contributed by atoms with Gasteiger partial charge in [0.2, 0.25) is 5.91 Å². The molecular weight excluding hydrogens is 439 g/mol. The molecule has 144 valence electrons. The van der Waals surface area contributed by atoms with E-state index in [0.29, 0.717) is 31.9 Å². The second-order valence-corrected chi connectivity index (χ2v) is 8.01. The summed E-state index contributed by atoms with van der Waals surface area (Å²) >= 11 is 2.00. The van der Waals surface area contributed by atoms with E-state index in [0.717, 1.165) is 6.42 Å². The van der Waals surface area contributed by atoms with Crippen molar-refractivity contribution in [3.05, 3.63) is 11.9 Å². The molecule has 25 heavy (non-hydrogen) atoms. The highest BCUT2D eigenvalue weighted by molar-refractivity contribution is 14.1. The summed E-state index contributed by atoms with van der Waals surface area (Å²) in [5, 5.41) is 10.5. The molecule has 0 aliphatic carbocycles. The molecule has 0 aromatic carbocycles. The Morgan fingerprint density at radius 3 is 2.44 bits per heavy atom. The summed E-state index contributed by atoms with van der Waals surface area (Å²) in [4.78, 5) is 11.9. The molecule has 0 aliphatic rings. The molecule has 0 saturated carbocycles. The fraction of sp³-hybridized carbons (Fsp3) is 0.812. The molecule has 0 bridgehead atoms. The maximum absolute atomic E-state index is 11.9. The lowest BCUT2D eigenvalue weighted by atomic mass is 10.0. The minimum absolute atomic E-state index is 0.00155. The number of carbonyl (C=O) groups excluding carboxylic acids is 1. The van der Waals surface area contributed by atoms with E-state index in [1.54, 1.807) is 16.2 Å². The number of ether oxygens (including phenoxy) is 3. The Balaban J connectivity index is 2.24. The van der Waals surface area contributed by atoms with E-state index in [1.807, 2.05) is 50.6 Å². The first-order valence-corrected chi connectivity index (χ1v) is 9.21. The molecule has 1 aromatic rings. The summed E-state index contributed by atoms with van der Waals surface area (Å²) < 4.78 is 18.3. The fourth-order valence-electron chi connectivity index (χ4n) is 1.92. The molecule has 0 fully saturated rings. The largest absolute Gasteiger partial charge is 0.385 e. The lowest BCUT2D eigenvalue weighted by Gasteiger charge is -2.29. The van der Waals surface area contributed by atoms with Crippen molar-refractivity contribution < 1.29 is 19.0 Å². The van der Waals surface area contributed by atoms with Gasteiger partial charge in [0.1, 0.15) is 12.3 Å². The Bertz CT molecular complexity index is 534. The van der Waals surface area contributed by atoms with Crippen LogP contribution in [0.5, 0.6) is 0 Å². The van der Waals surface area contributed by atoms with Crippen LogP contribution in [0.2, 0.25) is 0 Å². The number of aromatic nitrogens is 3. The molecule has 0 spiro atoms. The average molecular weight is 468 g/mol. The molecule has 0 atom stereocenters. The zero-order chi connectivity index (χ0) is 18.9. The van der Waals surface area contributed by atoms with Gasteiger partial charge in [0.05, 0.1) is 53.4 Å². The monoisotopic (exact) mass is 468 g/mol. The molecule has 1 heterocycles. The predicted octanol–water partition coefficient (Wildman–Crippen LogP) is 2.11. The van der Waals surface area contributed by atoms with Crippen LogP contribution < -0.4 is 5.32 Å². The average Bonchev–Trinajstić information content (AvgIpc) is 2.94. The Hall–Kier alpha value is -0.780. The highest BCUT2D eigenvalue weighted by Crippen LogP contribution is 2.19. The van der Waals surface area contributed by atoms with Crippen molar-refractivity contribution in [3.8, 4) is 0 Å². The zero-order valence-electron chi connectivity index (χ0n) is 15.7. The van der Waals surface area contributed by atoms with Gasteiger partial charge >= 0.3 is 0 Å². The minimum Gasteiger partial charge on any atom is -0.385 e. The third-order valence-corrected chi connectivity index (χ3v) is 4.15. The van der Waals surface area contributed by atoms with Gasteiger partial charge in [-0.05, 0) is 40.5 Å². The van der Waals surface area contributed by atoms with Crippen LogP contribution in [0.1, 0.15) is 46.2 Å². The van der Waals surface area contributed by atoms with Crippen molar-refractivity contribution in [2.75, 3.05) is 26.9 Å². The maximum Gasteiger partial charge on any atom is 0.246 e. The molecule has 0 unspecified atom stereocenters. The number of nitrogens with zero attached hydrogens (tertiary/aromatic N) is 3. The second kappa shape index (κ2) is 10.4. The van der Waals surface area contributed by atoms with E-state index in [4.69, 9.17) is 14.2 Å². The second-order valence-electron chi connectivity index (χ2n) is 7.02. The Morgan fingerprint density at radius 1 is 1.20 bits per heavy atom. The van der Waals surface area contributed by atoms with Crippen LogP contribution in [-0.4, -0.2) is 57.2 Å². The van der Waals surface area contributed by atoms with Crippen molar-refractivity contribution in [3.63, 3.8) is 0 Å². The summed E-state index contributed by atoms with van der Waals surface area (Å²) in [6.07, 6.45) is 3.27. The summed E-state index contributed by atoms with van der Waals surface area (Å²) in [7, 11) is 1.68. The molecule has 1 amide bonds. The number of methoxy groups -OCH3 is 1. The standard InChI is InChI=1S/C16H29IN4O4/c1-15(2,6-8-23-5)24-9-7-16(3,4)25-12-14(22)18-10-13-11-21(17)20-19-13/h11H,6-10,12H2,1-5H3,(H,18,22). The summed E-state index contributed by atoms with van der Waals surface area (Å²) in [5.74, 6) is -0.183. The van der Waals surface area contributed by atoms with E-state index >= 15 is 0 Å². The first kappa shape index (κ1) is 22.3. The minimum atomic E-state index is -0.444. The third-order valence-electron chi connectivity index (χ3n) is 3.68. The van der Waals surface area contributed by atoms with Crippen molar-refractivity contribution >= 4 is 28.8 Å². The SMILES string of the molecule is COCCC(C)(C)OCCC(C)(C)OCC(=O)NCc1cn(I)nn1. The van der Waals surface area contributed by atoms with Gasteiger partial charge in [-0.3, -0.25) is 4.79 Å². The predicted molar refractivity (Wildman–Crippen MR) is 102 cm³/mol. The zero-order valence-corrected chi connectivity index (χ0v) is 17.8. The molecule has 1 rings (SSSR count). The van der Waals surface area contributed by atoms with Crippen LogP contribution in [0.25, 0.3) is 0 Å². The quantitative estimate of drug-likeness (QED) is 0.473. The lowest BCUT2D eigenvalue weighted by molar-refractivity contribution is -0.134. The number of rotatable bonds is 12. The first-order valence-electron chi connectivity index (χ1n) is 8.24. The van der Waals surface area contributed by atoms with Crippen LogP contribution in [0, 0.1) is 0 Å². The van der Waals surface area contributed by atoms with Crippen LogP contribution in [0.3, 0.4) is 0 Å². The molecule has 0 radical (unpaired) electrons. The van der Waals surface area contributed by atoms with Crippen molar-refractivity contribution in [2.24, 2.45) is 0 Å². The molecule has 0 saturated heterocycles. The van der Waals surface area contributed by atoms with Crippen LogP contribution in [0.4, 0.5) is 0 Å². The molecule has 9 heteroatoms. The van der Waals surface area contributed by atoms with E-state index in [-0.39, 0.29) is 18.1 Å². The highest BCUT2D eigenvalue weighted by Gasteiger charge is 2.23. The maximum atomic E-state index is 11.9. The Morgan fingerprint density at radius 2 is 1.84 bits per heavy atom. The summed E-state index contributed by atoms with van der Waals surface area (Å²) in [6, 6.07) is 0. The van der Waals surface area contributed by atoms with Gasteiger partial charge in [0.15, 0.2) is 0 Å². The fourth-order valence-corrected chi connectivity index (χ4v) is 2.34. The molecule has 1 N–H and O–H groups in total. The number of hydrogen-bond acceptors (Lipinski definition) is 6. The van der Waals surface area contributed by atoms with Gasteiger partial charge in [0.25, 0.3) is 0 Å². The number of hydrogen-bond donors (Lipinski definition) is 1. The topological polar surface area (TPSA) is 87.5 Å². The lowest BCUT2D eigenvalue weighted by Crippen LogP contribution is -2.35. The van der Waals surface area contributed by atoms with E-state index in [2.05, 4.69) is 15.6 Å². The number of nitrogens with one attached hydrogen (secondary N) is 1. The molecular formula is C16H29IN4O4. The van der Waals surface area contributed by atoms with Gasteiger partial charge in [-0.2, -0.15) is 2.90 Å². The normalized spacial score (nSPS) is 12.4. The molecule has 8 nitrogen and oxygen atoms in total. The van der Waals surface area contributed by atoms with Gasteiger partial charge < -0.3 is 19.5 Å². The van der Waals surface area contributed by atoms with Crippen molar-refractivity contribution in [1.29, 1.82) is 0 Å². The van der Waals surface area contributed by atoms with Crippen LogP contribution in [-0.2, 0) is 25.5 Å². The smallest absolute Gasteiger partial charge is 0.246 e. The van der Waals surface area contributed by atoms with Gasteiger partial charge in [-0.15, -0.1) is 5.10 Å². The van der Waals surface area contributed by atoms with E-state index in [9.17, 15) is 4.79 Å². The molecule has 1 aromatic heterocycles. The van der Waals surface area contributed by atoms with E-state index in [1.165, 1.54) is 0 Å². The number of carbonyl (C=O) groups is 1. The van der Waals surface area contributed by atoms with Crippen LogP contribution >= 0.6 is 22.9 Å². The highest BCUT2D eigenvalue weighted by atomic mass is 127. The number of halogens is 1. The van der Waals surface area contributed by atoms with Crippen molar-refractivity contribution in [1.82, 2.24) is 18.5 Å². The Kier molecular flexibility index (Phi) is 9.25. The third kappa shape index (κ3) is 10.1. The summed E-state index contributed by atoms with van der Waals surface area (Å²) in [5.41, 5.74) is 0.0215. The van der Waals surface area contributed by atoms with Crippen molar-refractivity contribution in [2.45, 2.75) is 58.3 Å². The van der Waals surface area contributed by atoms with E-state index < -0.39 is 5.60 Å². The Labute approximate surface area is 163 Å². The van der Waals surface area contributed by atoms with Gasteiger partial charge in [0, 0.05) is 13.7 Å². The van der Waals surface area contributed by atoms with Crippen LogP contribution in [0.15, 0.2) is 6.20 Å².